The first-order valence-electron chi connectivity index (χ1n) is 7.97. The second-order valence-electron chi connectivity index (χ2n) is 5.60. The number of hydrogen-bond acceptors (Lipinski definition) is 3. The Labute approximate surface area is 123 Å². The average molecular weight is 276 g/mol. The maximum absolute atomic E-state index is 5.88. The van der Waals surface area contributed by atoms with E-state index >= 15 is 0 Å². The Kier molecular flexibility index (Phi) is 7.06. The molecular formula is C17H28N2O. The fourth-order valence-electron chi connectivity index (χ4n) is 2.70. The van der Waals surface area contributed by atoms with Crippen LogP contribution in [0.5, 0.6) is 0 Å². The van der Waals surface area contributed by atoms with Crippen molar-refractivity contribution in [2.24, 2.45) is 0 Å². The van der Waals surface area contributed by atoms with Gasteiger partial charge in [-0.3, -0.25) is 4.90 Å². The summed E-state index contributed by atoms with van der Waals surface area (Å²) in [5, 5.41) is 3.52. The van der Waals surface area contributed by atoms with Crippen molar-refractivity contribution in [2.75, 3.05) is 32.8 Å². The maximum atomic E-state index is 5.88. The Hall–Kier alpha value is -0.900. The topological polar surface area (TPSA) is 24.5 Å². The third kappa shape index (κ3) is 5.61. The van der Waals surface area contributed by atoms with Crippen LogP contribution in [0, 0.1) is 0 Å². The zero-order valence-electron chi connectivity index (χ0n) is 12.7. The van der Waals surface area contributed by atoms with Gasteiger partial charge in [-0.1, -0.05) is 37.3 Å². The van der Waals surface area contributed by atoms with Crippen molar-refractivity contribution in [3.05, 3.63) is 35.9 Å². The van der Waals surface area contributed by atoms with Crippen LogP contribution in [-0.2, 0) is 11.3 Å². The molecule has 3 nitrogen and oxygen atoms in total. The molecule has 1 aromatic carbocycles. The van der Waals surface area contributed by atoms with Gasteiger partial charge in [0.15, 0.2) is 0 Å². The van der Waals surface area contributed by atoms with Crippen LogP contribution >= 0.6 is 0 Å². The van der Waals surface area contributed by atoms with E-state index in [0.717, 1.165) is 39.2 Å². The number of piperidine rings is 1. The van der Waals surface area contributed by atoms with Crippen molar-refractivity contribution in [1.82, 2.24) is 10.2 Å². The molecule has 2 rings (SSSR count). The summed E-state index contributed by atoms with van der Waals surface area (Å²) in [5.41, 5.74) is 1.36. The third-order valence-corrected chi connectivity index (χ3v) is 3.80. The average Bonchev–Trinajstić information content (AvgIpc) is 2.51. The highest BCUT2D eigenvalue weighted by Crippen LogP contribution is 2.12. The second kappa shape index (κ2) is 9.11. The zero-order chi connectivity index (χ0) is 14.0. The van der Waals surface area contributed by atoms with Gasteiger partial charge in [-0.25, -0.2) is 0 Å². The SMILES string of the molecule is CCCOC1CCCN(CCNCc2ccccc2)C1. The monoisotopic (exact) mass is 276 g/mol. The molecule has 1 saturated heterocycles. The molecule has 20 heavy (non-hydrogen) atoms. The molecule has 0 saturated carbocycles. The van der Waals surface area contributed by atoms with E-state index in [-0.39, 0.29) is 0 Å². The molecule has 112 valence electrons. The summed E-state index contributed by atoms with van der Waals surface area (Å²) in [6, 6.07) is 10.6. The van der Waals surface area contributed by atoms with Gasteiger partial charge in [-0.05, 0) is 31.4 Å². The lowest BCUT2D eigenvalue weighted by atomic mass is 10.1. The minimum atomic E-state index is 0.456. The lowest BCUT2D eigenvalue weighted by molar-refractivity contribution is 0.000353. The van der Waals surface area contributed by atoms with Crippen LogP contribution in [0.2, 0.25) is 0 Å². The number of rotatable bonds is 8. The summed E-state index contributed by atoms with van der Waals surface area (Å²) in [4.78, 5) is 2.53. The fraction of sp³-hybridized carbons (Fsp3) is 0.647. The predicted octanol–water partition coefficient (Wildman–Crippen LogP) is 2.67. The number of nitrogens with zero attached hydrogens (tertiary/aromatic N) is 1. The van der Waals surface area contributed by atoms with Crippen LogP contribution in [0.25, 0.3) is 0 Å². The van der Waals surface area contributed by atoms with Gasteiger partial charge in [0.25, 0.3) is 0 Å². The van der Waals surface area contributed by atoms with Gasteiger partial charge in [-0.2, -0.15) is 0 Å². The van der Waals surface area contributed by atoms with Crippen LogP contribution in [0.4, 0.5) is 0 Å². The van der Waals surface area contributed by atoms with E-state index in [2.05, 4.69) is 47.5 Å². The first-order chi connectivity index (χ1) is 9.88. The minimum Gasteiger partial charge on any atom is -0.377 e. The number of hydrogen-bond donors (Lipinski definition) is 1. The summed E-state index contributed by atoms with van der Waals surface area (Å²) < 4.78 is 5.88. The molecule has 1 aliphatic rings. The van der Waals surface area contributed by atoms with E-state index in [0.29, 0.717) is 6.10 Å². The molecule has 0 aliphatic carbocycles. The smallest absolute Gasteiger partial charge is 0.0702 e. The van der Waals surface area contributed by atoms with Gasteiger partial charge in [0.1, 0.15) is 0 Å². The molecule has 1 aliphatic heterocycles. The number of likely N-dealkylation sites (tertiary alicyclic amines) is 1. The molecular weight excluding hydrogens is 248 g/mol. The van der Waals surface area contributed by atoms with Gasteiger partial charge in [0, 0.05) is 32.8 Å². The molecule has 0 aromatic heterocycles. The summed E-state index contributed by atoms with van der Waals surface area (Å²) in [6.07, 6.45) is 4.08. The Morgan fingerprint density at radius 3 is 2.95 bits per heavy atom. The molecule has 1 aromatic rings. The van der Waals surface area contributed by atoms with Crippen molar-refractivity contribution in [2.45, 2.75) is 38.8 Å². The number of benzene rings is 1. The molecule has 0 bridgehead atoms. The Morgan fingerprint density at radius 2 is 2.15 bits per heavy atom. The van der Waals surface area contributed by atoms with Crippen LogP contribution in [-0.4, -0.2) is 43.8 Å². The number of nitrogens with one attached hydrogen (secondary N) is 1. The van der Waals surface area contributed by atoms with Gasteiger partial charge >= 0.3 is 0 Å². The van der Waals surface area contributed by atoms with Gasteiger partial charge < -0.3 is 10.1 Å². The van der Waals surface area contributed by atoms with Gasteiger partial charge in [0.2, 0.25) is 0 Å². The normalized spacial score (nSPS) is 20.1. The molecule has 1 atom stereocenters. The van der Waals surface area contributed by atoms with Crippen LogP contribution < -0.4 is 5.32 Å². The highest BCUT2D eigenvalue weighted by atomic mass is 16.5. The lowest BCUT2D eigenvalue weighted by Crippen LogP contribution is -2.42. The van der Waals surface area contributed by atoms with Crippen LogP contribution in [0.3, 0.4) is 0 Å². The van der Waals surface area contributed by atoms with E-state index in [1.54, 1.807) is 0 Å². The van der Waals surface area contributed by atoms with E-state index in [4.69, 9.17) is 4.74 Å². The van der Waals surface area contributed by atoms with Crippen molar-refractivity contribution in [1.29, 1.82) is 0 Å². The summed E-state index contributed by atoms with van der Waals surface area (Å²) >= 11 is 0. The van der Waals surface area contributed by atoms with Crippen LogP contribution in [0.1, 0.15) is 31.7 Å². The molecule has 0 spiro atoms. The van der Waals surface area contributed by atoms with E-state index in [1.807, 2.05) is 0 Å². The van der Waals surface area contributed by atoms with Gasteiger partial charge in [-0.15, -0.1) is 0 Å². The first-order valence-corrected chi connectivity index (χ1v) is 7.97. The minimum absolute atomic E-state index is 0.456. The molecule has 1 N–H and O–H groups in total. The van der Waals surface area contributed by atoms with Crippen molar-refractivity contribution in [3.8, 4) is 0 Å². The van der Waals surface area contributed by atoms with Gasteiger partial charge in [0.05, 0.1) is 6.10 Å². The largest absolute Gasteiger partial charge is 0.377 e. The second-order valence-corrected chi connectivity index (χ2v) is 5.60. The first kappa shape index (κ1) is 15.5. The summed E-state index contributed by atoms with van der Waals surface area (Å²) in [5.74, 6) is 0. The maximum Gasteiger partial charge on any atom is 0.0702 e. The zero-order valence-corrected chi connectivity index (χ0v) is 12.7. The molecule has 1 fully saturated rings. The van der Waals surface area contributed by atoms with E-state index in [1.165, 1.54) is 24.9 Å². The Balaban J connectivity index is 1.59. The molecule has 3 heteroatoms. The lowest BCUT2D eigenvalue weighted by Gasteiger charge is -2.32. The quantitative estimate of drug-likeness (QED) is 0.739. The molecule has 1 unspecified atom stereocenters. The highest BCUT2D eigenvalue weighted by molar-refractivity contribution is 5.14. The predicted molar refractivity (Wildman–Crippen MR) is 83.9 cm³/mol. The summed E-state index contributed by atoms with van der Waals surface area (Å²) in [6.45, 7) is 8.55. The number of ether oxygens (including phenoxy) is 1. The molecule has 1 heterocycles. The standard InChI is InChI=1S/C17H28N2O/c1-2-13-20-17-9-6-11-19(15-17)12-10-18-14-16-7-4-3-5-8-16/h3-5,7-8,17-18H,2,6,9-15H2,1H3. The Bertz CT molecular complexity index is 355. The summed E-state index contributed by atoms with van der Waals surface area (Å²) in [7, 11) is 0. The van der Waals surface area contributed by atoms with E-state index in [9.17, 15) is 0 Å². The van der Waals surface area contributed by atoms with Crippen molar-refractivity contribution < 1.29 is 4.74 Å². The highest BCUT2D eigenvalue weighted by Gasteiger charge is 2.19. The third-order valence-electron chi connectivity index (χ3n) is 3.80. The molecule has 0 radical (unpaired) electrons. The Morgan fingerprint density at radius 1 is 1.30 bits per heavy atom. The van der Waals surface area contributed by atoms with Crippen LogP contribution in [0.15, 0.2) is 30.3 Å². The fourth-order valence-corrected chi connectivity index (χ4v) is 2.70. The molecule has 0 amide bonds. The van der Waals surface area contributed by atoms with Crippen molar-refractivity contribution >= 4 is 0 Å². The van der Waals surface area contributed by atoms with E-state index < -0.39 is 0 Å². The van der Waals surface area contributed by atoms with Crippen molar-refractivity contribution in [3.63, 3.8) is 0 Å².